The molecule has 1 saturated heterocycles. The molecule has 2 unspecified atom stereocenters. The number of rotatable bonds is 12. The predicted molar refractivity (Wildman–Crippen MR) is 97.9 cm³/mol. The monoisotopic (exact) mass is 357 g/mol. The summed E-state index contributed by atoms with van der Waals surface area (Å²) in [6.45, 7) is 4.79. The van der Waals surface area contributed by atoms with Gasteiger partial charge in [-0.15, -0.1) is 11.8 Å². The highest BCUT2D eigenvalue weighted by molar-refractivity contribution is 8.00. The van der Waals surface area contributed by atoms with Gasteiger partial charge in [-0.1, -0.05) is 13.3 Å². The van der Waals surface area contributed by atoms with Gasteiger partial charge in [0.2, 0.25) is 17.7 Å². The van der Waals surface area contributed by atoms with Gasteiger partial charge in [0.1, 0.15) is 0 Å². The number of nitrogens with one attached hydrogen (secondary N) is 2. The Kier molecular flexibility index (Phi) is 10.0. The Morgan fingerprint density at radius 2 is 2.12 bits per heavy atom. The number of nitrogens with zero attached hydrogens (tertiary/aromatic N) is 1. The molecule has 138 valence electrons. The number of likely N-dealkylation sites (tertiary alicyclic amines) is 1. The smallest absolute Gasteiger partial charge is 0.242 e. The number of hydrogen-bond acceptors (Lipinski definition) is 5. The van der Waals surface area contributed by atoms with Crippen LogP contribution in [0, 0.1) is 0 Å². The number of amides is 3. The van der Waals surface area contributed by atoms with Gasteiger partial charge >= 0.3 is 0 Å². The highest BCUT2D eigenvalue weighted by atomic mass is 32.2. The van der Waals surface area contributed by atoms with E-state index in [4.69, 9.17) is 0 Å². The quantitative estimate of drug-likeness (QED) is 0.409. The zero-order valence-electron chi connectivity index (χ0n) is 15.1. The minimum atomic E-state index is -0.252. The zero-order chi connectivity index (χ0) is 17.9. The molecule has 0 aromatic carbocycles. The fourth-order valence-electron chi connectivity index (χ4n) is 2.51. The second-order valence-electron chi connectivity index (χ2n) is 6.23. The van der Waals surface area contributed by atoms with E-state index in [1.807, 2.05) is 14.0 Å². The normalized spacial score (nSPS) is 19.0. The van der Waals surface area contributed by atoms with Crippen LogP contribution in [0.1, 0.15) is 52.4 Å². The van der Waals surface area contributed by atoms with Crippen molar-refractivity contribution in [3.63, 3.8) is 0 Å². The Morgan fingerprint density at radius 3 is 2.79 bits per heavy atom. The molecule has 1 heterocycles. The first kappa shape index (κ1) is 21.0. The molecule has 24 heavy (non-hydrogen) atoms. The Hall–Kier alpha value is -1.08. The zero-order valence-corrected chi connectivity index (χ0v) is 15.9. The van der Waals surface area contributed by atoms with Crippen LogP contribution in [0.2, 0.25) is 0 Å². The maximum Gasteiger partial charge on any atom is 0.242 e. The third kappa shape index (κ3) is 7.21. The van der Waals surface area contributed by atoms with E-state index in [0.717, 1.165) is 31.4 Å². The van der Waals surface area contributed by atoms with Crippen LogP contribution in [-0.2, 0) is 14.4 Å². The van der Waals surface area contributed by atoms with Crippen molar-refractivity contribution in [2.45, 2.75) is 63.7 Å². The minimum absolute atomic E-state index is 0.0134. The summed E-state index contributed by atoms with van der Waals surface area (Å²) in [5.74, 6) is 0.649. The van der Waals surface area contributed by atoms with E-state index in [2.05, 4.69) is 17.6 Å². The summed E-state index contributed by atoms with van der Waals surface area (Å²) in [6.07, 6.45) is 4.71. The van der Waals surface area contributed by atoms with Crippen molar-refractivity contribution in [1.82, 2.24) is 15.5 Å². The molecule has 1 rings (SSSR count). The summed E-state index contributed by atoms with van der Waals surface area (Å²) >= 11 is 1.58. The molecular formula is C17H31N3O3S. The first-order valence-corrected chi connectivity index (χ1v) is 9.94. The fraction of sp³-hybridized carbons (Fsp3) is 0.824. The number of thioether (sulfide) groups is 1. The predicted octanol–water partition coefficient (Wildman–Crippen LogP) is 1.54. The van der Waals surface area contributed by atoms with Gasteiger partial charge < -0.3 is 10.6 Å². The lowest BCUT2D eigenvalue weighted by Gasteiger charge is -2.15. The molecule has 2 atom stereocenters. The molecule has 0 aromatic heterocycles. The van der Waals surface area contributed by atoms with Gasteiger partial charge in [-0.3, -0.25) is 19.3 Å². The van der Waals surface area contributed by atoms with Crippen LogP contribution in [0.4, 0.5) is 0 Å². The van der Waals surface area contributed by atoms with E-state index < -0.39 is 0 Å². The summed E-state index contributed by atoms with van der Waals surface area (Å²) in [6, 6.07) is 0.472. The molecule has 0 radical (unpaired) electrons. The summed E-state index contributed by atoms with van der Waals surface area (Å²) in [5.41, 5.74) is 0. The van der Waals surface area contributed by atoms with E-state index in [0.29, 0.717) is 19.0 Å². The molecule has 1 aliphatic heterocycles. The summed E-state index contributed by atoms with van der Waals surface area (Å²) < 4.78 is 0. The average Bonchev–Trinajstić information content (AvgIpc) is 2.84. The van der Waals surface area contributed by atoms with Gasteiger partial charge in [-0.2, -0.15) is 0 Å². The van der Waals surface area contributed by atoms with E-state index in [1.54, 1.807) is 11.8 Å². The molecule has 3 amide bonds. The van der Waals surface area contributed by atoms with Gasteiger partial charge in [0.05, 0.1) is 5.25 Å². The average molecular weight is 358 g/mol. The van der Waals surface area contributed by atoms with E-state index in [9.17, 15) is 14.4 Å². The first-order chi connectivity index (χ1) is 11.5. The van der Waals surface area contributed by atoms with Gasteiger partial charge in [0.25, 0.3) is 0 Å². The van der Waals surface area contributed by atoms with Crippen molar-refractivity contribution in [1.29, 1.82) is 0 Å². The highest BCUT2D eigenvalue weighted by Crippen LogP contribution is 2.25. The Morgan fingerprint density at radius 1 is 1.38 bits per heavy atom. The second kappa shape index (κ2) is 11.5. The van der Waals surface area contributed by atoms with Crippen molar-refractivity contribution >= 4 is 29.5 Å². The fourth-order valence-corrected chi connectivity index (χ4v) is 3.66. The van der Waals surface area contributed by atoms with Crippen LogP contribution in [0.15, 0.2) is 0 Å². The van der Waals surface area contributed by atoms with Gasteiger partial charge in [-0.05, 0) is 39.0 Å². The van der Waals surface area contributed by atoms with Gasteiger partial charge in [-0.25, -0.2) is 0 Å². The van der Waals surface area contributed by atoms with Crippen LogP contribution >= 0.6 is 11.8 Å². The molecule has 0 bridgehead atoms. The van der Waals surface area contributed by atoms with E-state index >= 15 is 0 Å². The van der Waals surface area contributed by atoms with Crippen LogP contribution < -0.4 is 10.6 Å². The molecule has 1 fully saturated rings. The molecule has 0 aromatic rings. The lowest BCUT2D eigenvalue weighted by Crippen LogP contribution is -2.38. The van der Waals surface area contributed by atoms with E-state index in [1.165, 1.54) is 4.90 Å². The number of unbranched alkanes of at least 4 members (excludes halogenated alkanes) is 1. The first-order valence-electron chi connectivity index (χ1n) is 8.89. The van der Waals surface area contributed by atoms with Crippen LogP contribution in [0.3, 0.4) is 0 Å². The van der Waals surface area contributed by atoms with Crippen LogP contribution in [0.25, 0.3) is 0 Å². The number of imide groups is 1. The van der Waals surface area contributed by atoms with Gasteiger partial charge in [0.15, 0.2) is 0 Å². The lowest BCUT2D eigenvalue weighted by molar-refractivity contribution is -0.138. The number of carbonyl (C=O) groups excluding carboxylic acids is 3. The standard InChI is InChI=1S/C17H31N3O3S/c1-4-5-8-15(21)19-9-10-20-16(22)12-14(17(20)23)24-11-6-7-13(2)18-3/h13-14,18H,4-12H2,1-3H3,(H,19,21). The molecular weight excluding hydrogens is 326 g/mol. The maximum absolute atomic E-state index is 12.3. The molecule has 0 aliphatic carbocycles. The lowest BCUT2D eigenvalue weighted by atomic mass is 10.2. The minimum Gasteiger partial charge on any atom is -0.354 e. The third-order valence-electron chi connectivity index (χ3n) is 4.21. The Labute approximate surface area is 149 Å². The SMILES string of the molecule is CCCCC(=O)NCCN1C(=O)CC(SCCCC(C)NC)C1=O. The maximum atomic E-state index is 12.3. The largest absolute Gasteiger partial charge is 0.354 e. The summed E-state index contributed by atoms with van der Waals surface area (Å²) in [5, 5.41) is 5.71. The van der Waals surface area contributed by atoms with Crippen molar-refractivity contribution < 1.29 is 14.4 Å². The van der Waals surface area contributed by atoms with Gasteiger partial charge in [0, 0.05) is 32.0 Å². The Balaban J connectivity index is 2.26. The van der Waals surface area contributed by atoms with Crippen LogP contribution in [-0.4, -0.2) is 59.8 Å². The summed E-state index contributed by atoms with van der Waals surface area (Å²) in [7, 11) is 1.94. The van der Waals surface area contributed by atoms with Crippen molar-refractivity contribution in [3.05, 3.63) is 0 Å². The van der Waals surface area contributed by atoms with Crippen molar-refractivity contribution in [3.8, 4) is 0 Å². The molecule has 6 nitrogen and oxygen atoms in total. The second-order valence-corrected chi connectivity index (χ2v) is 7.54. The third-order valence-corrected chi connectivity index (χ3v) is 5.51. The topological polar surface area (TPSA) is 78.5 Å². The van der Waals surface area contributed by atoms with Crippen molar-refractivity contribution in [2.75, 3.05) is 25.9 Å². The molecule has 1 aliphatic rings. The summed E-state index contributed by atoms with van der Waals surface area (Å²) in [4.78, 5) is 37.2. The van der Waals surface area contributed by atoms with E-state index in [-0.39, 0.29) is 35.9 Å². The highest BCUT2D eigenvalue weighted by Gasteiger charge is 2.38. The number of hydrogen-bond donors (Lipinski definition) is 2. The molecule has 2 N–H and O–H groups in total. The van der Waals surface area contributed by atoms with Crippen LogP contribution in [0.5, 0.6) is 0 Å². The molecule has 0 spiro atoms. The number of carbonyl (C=O) groups is 3. The molecule has 7 heteroatoms. The Bertz CT molecular complexity index is 431. The molecule has 0 saturated carbocycles. The van der Waals surface area contributed by atoms with Crippen molar-refractivity contribution in [2.24, 2.45) is 0 Å².